The molecule has 2 rings (SSSR count). The fraction of sp³-hybridized carbons (Fsp3) is 0.400. The van der Waals surface area contributed by atoms with Gasteiger partial charge in [0.2, 0.25) is 0 Å². The van der Waals surface area contributed by atoms with Gasteiger partial charge in [-0.1, -0.05) is 0 Å². The van der Waals surface area contributed by atoms with E-state index in [1.807, 2.05) is 11.3 Å². The van der Waals surface area contributed by atoms with E-state index in [0.717, 1.165) is 25.6 Å². The lowest BCUT2D eigenvalue weighted by Crippen LogP contribution is -2.36. The topological polar surface area (TPSA) is 36.4 Å². The minimum Gasteiger partial charge on any atom is -0.357 e. The number of nitrogens with zero attached hydrogens (tertiary/aromatic N) is 1. The van der Waals surface area contributed by atoms with Gasteiger partial charge in [0.15, 0.2) is 5.96 Å². The SMILES string of the molecule is CCNC(=NCc1ccc(C)s1)NCc1ccc(C)s1.I. The second-order valence-corrected chi connectivity index (χ2v) is 7.32. The summed E-state index contributed by atoms with van der Waals surface area (Å²) in [4.78, 5) is 9.94. The van der Waals surface area contributed by atoms with E-state index < -0.39 is 0 Å². The summed E-state index contributed by atoms with van der Waals surface area (Å²) in [5.41, 5.74) is 0. The molecule has 0 spiro atoms. The molecule has 21 heavy (non-hydrogen) atoms. The fourth-order valence-electron chi connectivity index (χ4n) is 1.82. The third kappa shape index (κ3) is 6.36. The lowest BCUT2D eigenvalue weighted by Gasteiger charge is -2.10. The highest BCUT2D eigenvalue weighted by Gasteiger charge is 2.01. The summed E-state index contributed by atoms with van der Waals surface area (Å²) in [6, 6.07) is 8.61. The van der Waals surface area contributed by atoms with Gasteiger partial charge < -0.3 is 10.6 Å². The van der Waals surface area contributed by atoms with E-state index in [2.05, 4.69) is 60.7 Å². The molecule has 0 radical (unpaired) electrons. The quantitative estimate of drug-likeness (QED) is 0.418. The van der Waals surface area contributed by atoms with Gasteiger partial charge in [-0.05, 0) is 45.0 Å². The summed E-state index contributed by atoms with van der Waals surface area (Å²) in [6.45, 7) is 8.78. The molecule has 0 aromatic carbocycles. The van der Waals surface area contributed by atoms with Gasteiger partial charge in [0.05, 0.1) is 13.1 Å². The predicted molar refractivity (Wildman–Crippen MR) is 105 cm³/mol. The lowest BCUT2D eigenvalue weighted by molar-refractivity contribution is 0.825. The van der Waals surface area contributed by atoms with E-state index in [1.165, 1.54) is 19.5 Å². The maximum atomic E-state index is 4.63. The molecular formula is C15H22IN3S2. The minimum absolute atomic E-state index is 0. The highest BCUT2D eigenvalue weighted by molar-refractivity contribution is 14.0. The monoisotopic (exact) mass is 435 g/mol. The van der Waals surface area contributed by atoms with Gasteiger partial charge >= 0.3 is 0 Å². The van der Waals surface area contributed by atoms with Crippen molar-refractivity contribution in [3.63, 3.8) is 0 Å². The first-order valence-electron chi connectivity index (χ1n) is 6.80. The maximum absolute atomic E-state index is 4.63. The van der Waals surface area contributed by atoms with Gasteiger partial charge in [0.25, 0.3) is 0 Å². The molecule has 0 saturated heterocycles. The van der Waals surface area contributed by atoms with Crippen molar-refractivity contribution in [3.8, 4) is 0 Å². The summed E-state index contributed by atoms with van der Waals surface area (Å²) in [7, 11) is 0. The smallest absolute Gasteiger partial charge is 0.191 e. The van der Waals surface area contributed by atoms with E-state index in [4.69, 9.17) is 0 Å². The average molecular weight is 435 g/mol. The van der Waals surface area contributed by atoms with Gasteiger partial charge in [-0.15, -0.1) is 46.7 Å². The number of guanidine groups is 1. The minimum atomic E-state index is 0. The van der Waals surface area contributed by atoms with Crippen LogP contribution >= 0.6 is 46.7 Å². The molecule has 0 fully saturated rings. The van der Waals surface area contributed by atoms with E-state index in [0.29, 0.717) is 0 Å². The van der Waals surface area contributed by atoms with Crippen LogP contribution in [-0.2, 0) is 13.1 Å². The molecule has 0 aliphatic carbocycles. The van der Waals surface area contributed by atoms with Crippen LogP contribution in [0.3, 0.4) is 0 Å². The van der Waals surface area contributed by atoms with Crippen molar-refractivity contribution < 1.29 is 0 Å². The molecule has 0 unspecified atom stereocenters. The second-order valence-electron chi connectivity index (χ2n) is 4.57. The Balaban J connectivity index is 0.00000220. The van der Waals surface area contributed by atoms with Crippen LogP contribution in [-0.4, -0.2) is 12.5 Å². The number of rotatable bonds is 5. The summed E-state index contributed by atoms with van der Waals surface area (Å²) < 4.78 is 0. The van der Waals surface area contributed by atoms with Crippen molar-refractivity contribution in [1.29, 1.82) is 0 Å². The summed E-state index contributed by atoms with van der Waals surface area (Å²) in [5, 5.41) is 6.67. The number of aryl methyl sites for hydroxylation is 2. The molecule has 2 N–H and O–H groups in total. The van der Waals surface area contributed by atoms with Gasteiger partial charge in [0.1, 0.15) is 0 Å². The Morgan fingerprint density at radius 2 is 1.62 bits per heavy atom. The Kier molecular flexibility index (Phi) is 8.28. The first-order chi connectivity index (χ1) is 9.67. The van der Waals surface area contributed by atoms with Gasteiger partial charge in [-0.3, -0.25) is 0 Å². The fourth-order valence-corrected chi connectivity index (χ4v) is 3.46. The van der Waals surface area contributed by atoms with Crippen LogP contribution in [0, 0.1) is 13.8 Å². The highest BCUT2D eigenvalue weighted by atomic mass is 127. The molecule has 0 aliphatic rings. The van der Waals surface area contributed by atoms with Crippen LogP contribution in [0.15, 0.2) is 29.3 Å². The average Bonchev–Trinajstić information content (AvgIpc) is 3.02. The van der Waals surface area contributed by atoms with Crippen molar-refractivity contribution >= 4 is 52.6 Å². The number of halogens is 1. The van der Waals surface area contributed by atoms with E-state index >= 15 is 0 Å². The number of hydrogen-bond acceptors (Lipinski definition) is 3. The highest BCUT2D eigenvalue weighted by Crippen LogP contribution is 2.16. The molecular weight excluding hydrogens is 413 g/mol. The summed E-state index contributed by atoms with van der Waals surface area (Å²) >= 11 is 3.63. The third-order valence-electron chi connectivity index (χ3n) is 2.76. The Hall–Kier alpha value is -0.600. The summed E-state index contributed by atoms with van der Waals surface area (Å²) in [6.07, 6.45) is 0. The van der Waals surface area contributed by atoms with Crippen LogP contribution in [0.25, 0.3) is 0 Å². The van der Waals surface area contributed by atoms with Crippen LogP contribution in [0.5, 0.6) is 0 Å². The van der Waals surface area contributed by atoms with Gasteiger partial charge in [-0.2, -0.15) is 0 Å². The van der Waals surface area contributed by atoms with Crippen molar-refractivity contribution in [2.75, 3.05) is 6.54 Å². The summed E-state index contributed by atoms with van der Waals surface area (Å²) in [5.74, 6) is 0.879. The van der Waals surface area contributed by atoms with E-state index in [-0.39, 0.29) is 24.0 Å². The molecule has 6 heteroatoms. The lowest BCUT2D eigenvalue weighted by atomic mass is 10.4. The Labute approximate surface area is 151 Å². The Morgan fingerprint density at radius 3 is 2.14 bits per heavy atom. The molecule has 2 heterocycles. The van der Waals surface area contributed by atoms with Crippen LogP contribution in [0.4, 0.5) is 0 Å². The molecule has 0 amide bonds. The Morgan fingerprint density at radius 1 is 1.00 bits per heavy atom. The first-order valence-corrected chi connectivity index (χ1v) is 8.43. The van der Waals surface area contributed by atoms with E-state index in [9.17, 15) is 0 Å². The Bertz CT molecular complexity index is 575. The molecule has 116 valence electrons. The van der Waals surface area contributed by atoms with Gasteiger partial charge in [0, 0.05) is 26.1 Å². The van der Waals surface area contributed by atoms with Crippen LogP contribution < -0.4 is 10.6 Å². The predicted octanol–water partition coefficient (Wildman–Crippen LogP) is 4.30. The maximum Gasteiger partial charge on any atom is 0.191 e. The number of aliphatic imine (C=N–C) groups is 1. The number of nitrogens with one attached hydrogen (secondary N) is 2. The first kappa shape index (κ1) is 18.4. The number of hydrogen-bond donors (Lipinski definition) is 2. The standard InChI is InChI=1S/C15H21N3S2.HI/c1-4-16-15(17-9-13-7-5-11(2)19-13)18-10-14-8-6-12(3)20-14;/h5-8H,4,9-10H2,1-3H3,(H2,16,17,18);1H. The largest absolute Gasteiger partial charge is 0.357 e. The zero-order valence-electron chi connectivity index (χ0n) is 12.6. The third-order valence-corrected chi connectivity index (χ3v) is 4.75. The van der Waals surface area contributed by atoms with Crippen molar-refractivity contribution in [3.05, 3.63) is 43.8 Å². The van der Waals surface area contributed by atoms with Crippen molar-refractivity contribution in [1.82, 2.24) is 10.6 Å². The van der Waals surface area contributed by atoms with E-state index in [1.54, 1.807) is 11.3 Å². The molecule has 3 nitrogen and oxygen atoms in total. The molecule has 0 bridgehead atoms. The van der Waals surface area contributed by atoms with Crippen LogP contribution in [0.1, 0.15) is 26.4 Å². The van der Waals surface area contributed by atoms with Crippen molar-refractivity contribution in [2.24, 2.45) is 4.99 Å². The number of thiophene rings is 2. The van der Waals surface area contributed by atoms with Gasteiger partial charge in [-0.25, -0.2) is 4.99 Å². The zero-order valence-corrected chi connectivity index (χ0v) is 16.6. The molecule has 0 saturated carbocycles. The zero-order chi connectivity index (χ0) is 14.4. The van der Waals surface area contributed by atoms with Crippen LogP contribution in [0.2, 0.25) is 0 Å². The molecule has 0 aliphatic heterocycles. The molecule has 2 aromatic rings. The second kappa shape index (κ2) is 9.42. The molecule has 0 atom stereocenters. The normalized spacial score (nSPS) is 11.1. The van der Waals surface area contributed by atoms with Crippen molar-refractivity contribution in [2.45, 2.75) is 33.9 Å². The molecule has 2 aromatic heterocycles.